The Morgan fingerprint density at radius 1 is 1.67 bits per heavy atom. The first kappa shape index (κ1) is 8.88. The third kappa shape index (κ3) is 5.76. The zero-order chi connectivity index (χ0) is 7.11. The fourth-order valence-electron chi connectivity index (χ4n) is 0.417. The Bertz CT molecular complexity index is 59.0. The van der Waals surface area contributed by atoms with Gasteiger partial charge in [-0.05, 0) is 12.8 Å². The van der Waals surface area contributed by atoms with Crippen LogP contribution in [0.3, 0.4) is 0 Å². The third-order valence-electron chi connectivity index (χ3n) is 1.04. The van der Waals surface area contributed by atoms with Gasteiger partial charge in [0, 0.05) is 6.61 Å². The molecule has 0 aromatic rings. The lowest BCUT2D eigenvalue weighted by atomic mass is 10.4. The minimum Gasteiger partial charge on any atom is -0.396 e. The van der Waals surface area contributed by atoms with Gasteiger partial charge >= 0.3 is 0 Å². The van der Waals surface area contributed by atoms with Crippen molar-refractivity contribution in [3.63, 3.8) is 0 Å². The molecule has 0 radical (unpaired) electrons. The van der Waals surface area contributed by atoms with Gasteiger partial charge in [0.25, 0.3) is 0 Å². The van der Waals surface area contributed by atoms with Gasteiger partial charge in [0.15, 0.2) is 0 Å². The fraction of sp³-hybridized carbons (Fsp3) is 1.00. The Morgan fingerprint density at radius 3 is 2.78 bits per heavy atom. The Kier molecular flexibility index (Phi) is 5.93. The van der Waals surface area contributed by atoms with E-state index in [0.29, 0.717) is 13.0 Å². The molecule has 56 valence electrons. The molecule has 0 amide bonds. The van der Waals surface area contributed by atoms with Crippen molar-refractivity contribution in [1.29, 1.82) is 0 Å². The standard InChI is InChI=1S/C6H15NO2/c1-2-6(7)9-5-3-4-8/h6,8H,2-5,7H2,1H3. The Morgan fingerprint density at radius 2 is 2.33 bits per heavy atom. The van der Waals surface area contributed by atoms with Crippen molar-refractivity contribution in [3.05, 3.63) is 0 Å². The van der Waals surface area contributed by atoms with Gasteiger partial charge in [-0.1, -0.05) is 6.92 Å². The quantitative estimate of drug-likeness (QED) is 0.412. The first-order valence-corrected chi connectivity index (χ1v) is 3.29. The van der Waals surface area contributed by atoms with Gasteiger partial charge in [0.2, 0.25) is 0 Å². The molecule has 0 rings (SSSR count). The minimum absolute atomic E-state index is 0.156. The second-order valence-corrected chi connectivity index (χ2v) is 1.89. The molecule has 0 aliphatic heterocycles. The largest absolute Gasteiger partial charge is 0.396 e. The molecule has 0 saturated heterocycles. The van der Waals surface area contributed by atoms with E-state index >= 15 is 0 Å². The second-order valence-electron chi connectivity index (χ2n) is 1.89. The van der Waals surface area contributed by atoms with Crippen molar-refractivity contribution < 1.29 is 9.84 Å². The van der Waals surface area contributed by atoms with E-state index in [1.807, 2.05) is 6.92 Å². The predicted molar refractivity (Wildman–Crippen MR) is 35.9 cm³/mol. The SMILES string of the molecule is CCC(N)OCCCO. The molecule has 0 heterocycles. The highest BCUT2D eigenvalue weighted by atomic mass is 16.5. The van der Waals surface area contributed by atoms with Crippen LogP contribution in [0, 0.1) is 0 Å². The smallest absolute Gasteiger partial charge is 0.105 e. The van der Waals surface area contributed by atoms with Gasteiger partial charge in [-0.2, -0.15) is 0 Å². The Balaban J connectivity index is 2.88. The van der Waals surface area contributed by atoms with E-state index in [2.05, 4.69) is 0 Å². The summed E-state index contributed by atoms with van der Waals surface area (Å²) in [7, 11) is 0. The summed E-state index contributed by atoms with van der Waals surface area (Å²) >= 11 is 0. The molecule has 0 aromatic carbocycles. The van der Waals surface area contributed by atoms with E-state index in [1.54, 1.807) is 0 Å². The highest BCUT2D eigenvalue weighted by Gasteiger charge is 1.95. The summed E-state index contributed by atoms with van der Waals surface area (Å²) in [5, 5.41) is 8.33. The van der Waals surface area contributed by atoms with Crippen LogP contribution in [-0.4, -0.2) is 24.5 Å². The summed E-state index contributed by atoms with van der Waals surface area (Å²) < 4.78 is 5.05. The topological polar surface area (TPSA) is 55.5 Å². The summed E-state index contributed by atoms with van der Waals surface area (Å²) in [5.41, 5.74) is 5.41. The predicted octanol–water partition coefficient (Wildman–Crippen LogP) is 0.0802. The summed E-state index contributed by atoms with van der Waals surface area (Å²) in [6, 6.07) is 0. The lowest BCUT2D eigenvalue weighted by Crippen LogP contribution is -2.23. The minimum atomic E-state index is -0.156. The zero-order valence-corrected chi connectivity index (χ0v) is 5.84. The van der Waals surface area contributed by atoms with Gasteiger partial charge in [-0.3, -0.25) is 0 Å². The lowest BCUT2D eigenvalue weighted by Gasteiger charge is -2.08. The molecule has 3 heteroatoms. The van der Waals surface area contributed by atoms with Gasteiger partial charge in [0.1, 0.15) is 6.23 Å². The van der Waals surface area contributed by atoms with Crippen molar-refractivity contribution in [3.8, 4) is 0 Å². The molecule has 0 aromatic heterocycles. The summed E-state index contributed by atoms with van der Waals surface area (Å²) in [4.78, 5) is 0. The number of hydrogen-bond acceptors (Lipinski definition) is 3. The van der Waals surface area contributed by atoms with Crippen LogP contribution in [-0.2, 0) is 4.74 Å². The number of hydrogen-bond donors (Lipinski definition) is 2. The van der Waals surface area contributed by atoms with E-state index in [9.17, 15) is 0 Å². The highest BCUT2D eigenvalue weighted by molar-refractivity contribution is 4.41. The lowest BCUT2D eigenvalue weighted by molar-refractivity contribution is 0.0460. The van der Waals surface area contributed by atoms with Gasteiger partial charge in [-0.25, -0.2) is 0 Å². The van der Waals surface area contributed by atoms with Crippen LogP contribution in [0.25, 0.3) is 0 Å². The third-order valence-corrected chi connectivity index (χ3v) is 1.04. The van der Waals surface area contributed by atoms with Crippen molar-refractivity contribution >= 4 is 0 Å². The molecule has 0 saturated carbocycles. The highest BCUT2D eigenvalue weighted by Crippen LogP contribution is 1.89. The van der Waals surface area contributed by atoms with Crippen LogP contribution < -0.4 is 5.73 Å². The number of nitrogens with two attached hydrogens (primary N) is 1. The molecular weight excluding hydrogens is 118 g/mol. The molecule has 0 spiro atoms. The van der Waals surface area contributed by atoms with Gasteiger partial charge in [-0.15, -0.1) is 0 Å². The maximum atomic E-state index is 8.33. The number of ether oxygens (including phenoxy) is 1. The van der Waals surface area contributed by atoms with E-state index < -0.39 is 0 Å². The van der Waals surface area contributed by atoms with Crippen molar-refractivity contribution in [2.45, 2.75) is 26.0 Å². The maximum absolute atomic E-state index is 8.33. The van der Waals surface area contributed by atoms with Crippen molar-refractivity contribution in [2.75, 3.05) is 13.2 Å². The van der Waals surface area contributed by atoms with E-state index in [1.165, 1.54) is 0 Å². The Hall–Kier alpha value is -0.120. The van der Waals surface area contributed by atoms with Crippen LogP contribution in [0.5, 0.6) is 0 Å². The summed E-state index contributed by atoms with van der Waals surface area (Å²) in [6.07, 6.45) is 1.34. The average Bonchev–Trinajstić information content (AvgIpc) is 1.89. The molecule has 1 atom stereocenters. The van der Waals surface area contributed by atoms with Crippen LogP contribution in [0.2, 0.25) is 0 Å². The van der Waals surface area contributed by atoms with E-state index in [-0.39, 0.29) is 12.8 Å². The molecule has 0 bridgehead atoms. The van der Waals surface area contributed by atoms with Crippen LogP contribution >= 0.6 is 0 Å². The normalized spacial score (nSPS) is 13.7. The molecule has 0 aliphatic rings. The van der Waals surface area contributed by atoms with Crippen LogP contribution in [0.15, 0.2) is 0 Å². The molecule has 3 nitrogen and oxygen atoms in total. The summed E-state index contributed by atoms with van der Waals surface area (Å²) in [5.74, 6) is 0. The molecule has 1 unspecified atom stereocenters. The van der Waals surface area contributed by atoms with Gasteiger partial charge < -0.3 is 15.6 Å². The molecule has 3 N–H and O–H groups in total. The zero-order valence-electron chi connectivity index (χ0n) is 5.84. The molecule has 0 fully saturated rings. The monoisotopic (exact) mass is 133 g/mol. The molecule has 9 heavy (non-hydrogen) atoms. The van der Waals surface area contributed by atoms with Gasteiger partial charge in [0.05, 0.1) is 6.61 Å². The Labute approximate surface area is 55.8 Å². The average molecular weight is 133 g/mol. The fourth-order valence-corrected chi connectivity index (χ4v) is 0.417. The number of aliphatic hydroxyl groups excluding tert-OH is 1. The molecular formula is C6H15NO2. The van der Waals surface area contributed by atoms with Crippen molar-refractivity contribution in [1.82, 2.24) is 0 Å². The molecule has 0 aliphatic carbocycles. The number of aliphatic hydroxyl groups is 1. The van der Waals surface area contributed by atoms with E-state index in [4.69, 9.17) is 15.6 Å². The second kappa shape index (κ2) is 6.01. The number of rotatable bonds is 5. The van der Waals surface area contributed by atoms with Crippen molar-refractivity contribution in [2.24, 2.45) is 5.73 Å². The summed E-state index contributed by atoms with van der Waals surface area (Å²) in [6.45, 7) is 2.70. The first-order valence-electron chi connectivity index (χ1n) is 3.29. The van der Waals surface area contributed by atoms with Crippen LogP contribution in [0.1, 0.15) is 19.8 Å². The first-order chi connectivity index (χ1) is 4.31. The maximum Gasteiger partial charge on any atom is 0.105 e. The van der Waals surface area contributed by atoms with Crippen LogP contribution in [0.4, 0.5) is 0 Å². The van der Waals surface area contributed by atoms with E-state index in [0.717, 1.165) is 6.42 Å².